The molecule has 1 aliphatic heterocycles. The molecule has 1 aliphatic rings. The van der Waals surface area contributed by atoms with Crippen molar-refractivity contribution in [2.45, 2.75) is 12.7 Å². The van der Waals surface area contributed by atoms with Crippen molar-refractivity contribution in [3.05, 3.63) is 23.8 Å². The topological polar surface area (TPSA) is 60.1 Å². The van der Waals surface area contributed by atoms with Crippen LogP contribution < -0.4 is 15.2 Å². The molecule has 0 radical (unpaired) electrons. The molecule has 1 heterocycles. The number of aliphatic imine (C=N–C) groups is 1. The van der Waals surface area contributed by atoms with Gasteiger partial charge in [-0.1, -0.05) is 6.07 Å². The third-order valence-corrected chi connectivity index (χ3v) is 3.04. The summed E-state index contributed by atoms with van der Waals surface area (Å²) in [5.41, 5.74) is 6.48. The average molecular weight is 271 g/mol. The van der Waals surface area contributed by atoms with E-state index in [0.29, 0.717) is 12.5 Å². The Bertz CT molecular complexity index is 494. The number of benzene rings is 1. The molecule has 19 heavy (non-hydrogen) atoms. The lowest BCUT2D eigenvalue weighted by Crippen LogP contribution is -2.32. The molecule has 0 saturated carbocycles. The van der Waals surface area contributed by atoms with Crippen LogP contribution in [-0.2, 0) is 0 Å². The lowest BCUT2D eigenvalue weighted by Gasteiger charge is -2.22. The fraction of sp³-hybridized carbons (Fsp3) is 0.417. The van der Waals surface area contributed by atoms with Crippen LogP contribution >= 0.6 is 0 Å². The Balaban J connectivity index is 2.28. The first-order chi connectivity index (χ1) is 9.02. The van der Waals surface area contributed by atoms with Crippen LogP contribution in [0.25, 0.3) is 0 Å². The Morgan fingerprint density at radius 3 is 2.68 bits per heavy atom. The van der Waals surface area contributed by atoms with Crippen LogP contribution in [0.5, 0.6) is 11.5 Å². The van der Waals surface area contributed by atoms with Crippen LogP contribution in [0.4, 0.5) is 8.78 Å². The number of halogens is 2. The highest BCUT2D eigenvalue weighted by atomic mass is 19.3. The van der Waals surface area contributed by atoms with Gasteiger partial charge >= 0.3 is 6.61 Å². The summed E-state index contributed by atoms with van der Waals surface area (Å²) in [6.45, 7) is -2.41. The molecular weight excluding hydrogens is 256 g/mol. The summed E-state index contributed by atoms with van der Waals surface area (Å²) < 4.78 is 34.1. The highest BCUT2D eigenvalue weighted by Crippen LogP contribution is 2.34. The number of hydrogen-bond donors (Lipinski definition) is 1. The van der Waals surface area contributed by atoms with Gasteiger partial charge in [0.1, 0.15) is 0 Å². The number of ether oxygens (including phenoxy) is 2. The number of nitrogens with two attached hydrogens (primary N) is 1. The van der Waals surface area contributed by atoms with Gasteiger partial charge < -0.3 is 20.1 Å². The number of hydrogen-bond acceptors (Lipinski definition) is 5. The van der Waals surface area contributed by atoms with Crippen molar-refractivity contribution in [3.63, 3.8) is 0 Å². The van der Waals surface area contributed by atoms with Gasteiger partial charge in [0, 0.05) is 7.05 Å². The van der Waals surface area contributed by atoms with Crippen molar-refractivity contribution in [2.24, 2.45) is 10.7 Å². The van der Waals surface area contributed by atoms with E-state index in [1.54, 1.807) is 24.1 Å². The Morgan fingerprint density at radius 1 is 1.42 bits per heavy atom. The molecule has 2 rings (SSSR count). The Morgan fingerprint density at radius 2 is 2.16 bits per heavy atom. The average Bonchev–Trinajstić information content (AvgIpc) is 2.69. The number of alkyl halides is 2. The minimum Gasteiger partial charge on any atom is -0.493 e. The third kappa shape index (κ3) is 2.69. The van der Waals surface area contributed by atoms with Gasteiger partial charge in [-0.3, -0.25) is 4.99 Å². The molecule has 104 valence electrons. The number of likely N-dealkylation sites (N-methyl/N-ethyl adjacent to an activating group) is 1. The third-order valence-electron chi connectivity index (χ3n) is 3.04. The van der Waals surface area contributed by atoms with E-state index in [2.05, 4.69) is 9.73 Å². The lowest BCUT2D eigenvalue weighted by molar-refractivity contribution is -0.0512. The molecule has 0 aromatic heterocycles. The maximum Gasteiger partial charge on any atom is 0.387 e. The van der Waals surface area contributed by atoms with Crippen molar-refractivity contribution >= 4 is 5.96 Å². The summed E-state index contributed by atoms with van der Waals surface area (Å²) >= 11 is 0. The second-order valence-electron chi connectivity index (χ2n) is 4.11. The molecule has 0 saturated heterocycles. The highest BCUT2D eigenvalue weighted by Gasteiger charge is 2.25. The smallest absolute Gasteiger partial charge is 0.387 e. The first-order valence-corrected chi connectivity index (χ1v) is 5.68. The van der Waals surface area contributed by atoms with Gasteiger partial charge in [0.2, 0.25) is 0 Å². The maximum absolute atomic E-state index is 12.4. The van der Waals surface area contributed by atoms with E-state index in [9.17, 15) is 8.78 Å². The van der Waals surface area contributed by atoms with Gasteiger partial charge in [0.05, 0.1) is 19.7 Å². The number of nitrogens with zero attached hydrogens (tertiary/aromatic N) is 2. The molecule has 1 atom stereocenters. The first kappa shape index (κ1) is 13.4. The van der Waals surface area contributed by atoms with E-state index in [1.807, 2.05) is 0 Å². The van der Waals surface area contributed by atoms with E-state index < -0.39 is 6.61 Å². The largest absolute Gasteiger partial charge is 0.493 e. The summed E-state index contributed by atoms with van der Waals surface area (Å²) in [5, 5.41) is 0. The minimum atomic E-state index is -2.90. The van der Waals surface area contributed by atoms with Crippen molar-refractivity contribution in [2.75, 3.05) is 20.7 Å². The molecule has 1 aromatic rings. The van der Waals surface area contributed by atoms with Gasteiger partial charge in [0.25, 0.3) is 0 Å². The Labute approximate surface area is 109 Å². The second kappa shape index (κ2) is 5.29. The fourth-order valence-electron chi connectivity index (χ4n) is 1.99. The minimum absolute atomic E-state index is 0.00821. The molecule has 1 unspecified atom stereocenters. The predicted octanol–water partition coefficient (Wildman–Crippen LogP) is 1.60. The molecule has 7 heteroatoms. The molecular formula is C12H15F2N3O2. The van der Waals surface area contributed by atoms with Crippen LogP contribution in [0.1, 0.15) is 11.6 Å². The summed E-state index contributed by atoms with van der Waals surface area (Å²) in [6.07, 6.45) is 0. The summed E-state index contributed by atoms with van der Waals surface area (Å²) in [5.74, 6) is 0.699. The summed E-state index contributed by atoms with van der Waals surface area (Å²) in [7, 11) is 3.20. The lowest BCUT2D eigenvalue weighted by atomic mass is 10.1. The maximum atomic E-state index is 12.4. The van der Waals surface area contributed by atoms with Crippen LogP contribution in [0.3, 0.4) is 0 Å². The monoisotopic (exact) mass is 271 g/mol. The van der Waals surface area contributed by atoms with Crippen LogP contribution in [0, 0.1) is 0 Å². The van der Waals surface area contributed by atoms with Crippen molar-refractivity contribution in [1.29, 1.82) is 0 Å². The second-order valence-corrected chi connectivity index (χ2v) is 4.11. The zero-order chi connectivity index (χ0) is 14.0. The molecule has 0 amide bonds. The van der Waals surface area contributed by atoms with Gasteiger partial charge in [-0.2, -0.15) is 8.78 Å². The van der Waals surface area contributed by atoms with Gasteiger partial charge in [-0.25, -0.2) is 0 Å². The SMILES string of the molecule is COc1ccc(C2CN=C(N)N2C)cc1OC(F)F. The molecule has 5 nitrogen and oxygen atoms in total. The molecule has 0 fully saturated rings. The van der Waals surface area contributed by atoms with Gasteiger partial charge in [-0.05, 0) is 17.7 Å². The van der Waals surface area contributed by atoms with E-state index in [1.165, 1.54) is 13.2 Å². The van der Waals surface area contributed by atoms with E-state index >= 15 is 0 Å². The zero-order valence-corrected chi connectivity index (χ0v) is 10.6. The normalized spacial score (nSPS) is 18.7. The molecule has 0 bridgehead atoms. The Hall–Kier alpha value is -2.05. The number of guanidine groups is 1. The Kier molecular flexibility index (Phi) is 3.73. The molecule has 0 aliphatic carbocycles. The summed E-state index contributed by atoms with van der Waals surface area (Å²) in [6, 6.07) is 4.83. The van der Waals surface area contributed by atoms with Crippen molar-refractivity contribution < 1.29 is 18.3 Å². The van der Waals surface area contributed by atoms with Crippen molar-refractivity contribution in [3.8, 4) is 11.5 Å². The highest BCUT2D eigenvalue weighted by molar-refractivity contribution is 5.80. The number of rotatable bonds is 4. The van der Waals surface area contributed by atoms with Gasteiger partial charge in [0.15, 0.2) is 17.5 Å². The van der Waals surface area contributed by atoms with E-state index in [-0.39, 0.29) is 17.5 Å². The zero-order valence-electron chi connectivity index (χ0n) is 10.6. The van der Waals surface area contributed by atoms with Crippen LogP contribution in [-0.4, -0.2) is 38.2 Å². The summed E-state index contributed by atoms with van der Waals surface area (Å²) in [4.78, 5) is 5.89. The fourth-order valence-corrected chi connectivity index (χ4v) is 1.99. The van der Waals surface area contributed by atoms with Gasteiger partial charge in [-0.15, -0.1) is 0 Å². The van der Waals surface area contributed by atoms with Crippen LogP contribution in [0.15, 0.2) is 23.2 Å². The first-order valence-electron chi connectivity index (χ1n) is 5.68. The molecule has 0 spiro atoms. The van der Waals surface area contributed by atoms with Crippen molar-refractivity contribution in [1.82, 2.24) is 4.90 Å². The van der Waals surface area contributed by atoms with E-state index in [4.69, 9.17) is 10.5 Å². The quantitative estimate of drug-likeness (QED) is 0.903. The molecule has 2 N–H and O–H groups in total. The molecule has 1 aromatic carbocycles. The predicted molar refractivity (Wildman–Crippen MR) is 66.6 cm³/mol. The number of methoxy groups -OCH3 is 1. The van der Waals surface area contributed by atoms with E-state index in [0.717, 1.165) is 5.56 Å². The van der Waals surface area contributed by atoms with Crippen LogP contribution in [0.2, 0.25) is 0 Å². The standard InChI is InChI=1S/C12H15F2N3O2/c1-17-8(6-16-12(17)15)7-3-4-9(18-2)10(5-7)19-11(13)14/h3-5,8,11H,6H2,1-2H3,(H2,15,16).